The Bertz CT molecular complexity index is 356. The van der Waals surface area contributed by atoms with Crippen LogP contribution in [0.2, 0.25) is 0 Å². The Morgan fingerprint density at radius 3 is 2.68 bits per heavy atom. The molecule has 2 aliphatic heterocycles. The zero-order valence-electron chi connectivity index (χ0n) is 13.3. The molecule has 0 bridgehead atoms. The summed E-state index contributed by atoms with van der Waals surface area (Å²) in [5.74, 6) is -0.383. The topological polar surface area (TPSA) is 67.9 Å². The van der Waals surface area contributed by atoms with Gasteiger partial charge < -0.3 is 14.8 Å². The molecule has 0 aromatic carbocycles. The van der Waals surface area contributed by atoms with Crippen LogP contribution in [0.15, 0.2) is 0 Å². The molecule has 0 amide bonds. The maximum Gasteiger partial charge on any atom is 0.313 e. The lowest BCUT2D eigenvalue weighted by Crippen LogP contribution is -2.45. The molecule has 1 N–H and O–H groups in total. The fraction of sp³-hybridized carbons (Fsp3) is 0.875. The van der Waals surface area contributed by atoms with E-state index in [1.54, 1.807) is 0 Å². The van der Waals surface area contributed by atoms with Gasteiger partial charge in [-0.1, -0.05) is 12.8 Å². The Balaban J connectivity index is 1.86. The fourth-order valence-electron chi connectivity index (χ4n) is 2.88. The number of nitrogens with one attached hydrogen (secondary N) is 1. The summed E-state index contributed by atoms with van der Waals surface area (Å²) in [6, 6.07) is 0. The van der Waals surface area contributed by atoms with Crippen molar-refractivity contribution in [1.29, 1.82) is 0 Å². The molecule has 1 unspecified atom stereocenters. The van der Waals surface area contributed by atoms with Gasteiger partial charge in [0, 0.05) is 32.6 Å². The summed E-state index contributed by atoms with van der Waals surface area (Å²) in [5, 5.41) is 3.37. The Morgan fingerprint density at radius 2 is 1.86 bits per heavy atom. The number of Topliss-reactive ketones (excluding diaryl/α,β-unsaturated/α-hetero) is 1. The number of hydrogen-bond donors (Lipinski definition) is 1. The zero-order valence-corrected chi connectivity index (χ0v) is 13.3. The average molecular weight is 312 g/mol. The lowest BCUT2D eigenvalue weighted by molar-refractivity contribution is -0.152. The van der Waals surface area contributed by atoms with Gasteiger partial charge in [0.15, 0.2) is 0 Å². The van der Waals surface area contributed by atoms with Gasteiger partial charge in [-0.2, -0.15) is 0 Å². The lowest BCUT2D eigenvalue weighted by atomic mass is 10.1. The van der Waals surface area contributed by atoms with Crippen molar-refractivity contribution in [2.75, 3.05) is 45.9 Å². The first kappa shape index (κ1) is 17.4. The summed E-state index contributed by atoms with van der Waals surface area (Å²) in [5.41, 5.74) is 0. The van der Waals surface area contributed by atoms with Crippen molar-refractivity contribution in [1.82, 2.24) is 10.2 Å². The van der Waals surface area contributed by atoms with Crippen molar-refractivity contribution in [3.8, 4) is 0 Å². The second-order valence-corrected chi connectivity index (χ2v) is 6.11. The molecular formula is C16H28N2O4. The predicted molar refractivity (Wildman–Crippen MR) is 82.7 cm³/mol. The minimum atomic E-state index is -0.385. The largest absolute Gasteiger partial charge is 0.459 e. The van der Waals surface area contributed by atoms with Crippen LogP contribution in [0, 0.1) is 0 Å². The minimum absolute atomic E-state index is 0.00216. The van der Waals surface area contributed by atoms with Crippen molar-refractivity contribution in [3.63, 3.8) is 0 Å². The Labute approximate surface area is 132 Å². The van der Waals surface area contributed by atoms with E-state index in [0.29, 0.717) is 19.5 Å². The maximum absolute atomic E-state index is 11.9. The predicted octanol–water partition coefficient (Wildman–Crippen LogP) is 0.743. The number of hydrogen-bond acceptors (Lipinski definition) is 6. The first-order valence-electron chi connectivity index (χ1n) is 8.46. The molecule has 0 aromatic rings. The van der Waals surface area contributed by atoms with E-state index in [-0.39, 0.29) is 24.3 Å². The Kier molecular flexibility index (Phi) is 7.83. The van der Waals surface area contributed by atoms with E-state index in [9.17, 15) is 9.59 Å². The monoisotopic (exact) mass is 312 g/mol. The number of carbonyl (C=O) groups excluding carboxylic acids is 2. The molecule has 1 atom stereocenters. The van der Waals surface area contributed by atoms with Crippen molar-refractivity contribution < 1.29 is 19.1 Å². The van der Waals surface area contributed by atoms with Gasteiger partial charge in [-0.25, -0.2) is 0 Å². The molecule has 2 fully saturated rings. The first-order valence-corrected chi connectivity index (χ1v) is 8.46. The molecule has 2 heterocycles. The summed E-state index contributed by atoms with van der Waals surface area (Å²) < 4.78 is 10.9. The normalized spacial score (nSPS) is 27.4. The van der Waals surface area contributed by atoms with Crippen LogP contribution in [0.1, 0.15) is 38.5 Å². The molecule has 0 aliphatic carbocycles. The molecule has 0 radical (unpaired) electrons. The SMILES string of the molecule is O=C1CCCCCCNCC(CN2CCOCC2)OC(=O)C1. The van der Waals surface area contributed by atoms with E-state index >= 15 is 0 Å². The molecule has 126 valence electrons. The number of cyclic esters (lactones) is 1. The van der Waals surface area contributed by atoms with Crippen molar-refractivity contribution in [2.24, 2.45) is 0 Å². The number of morpholine rings is 1. The number of esters is 1. The van der Waals surface area contributed by atoms with Gasteiger partial charge in [0.05, 0.1) is 13.2 Å². The molecule has 2 aliphatic rings. The maximum atomic E-state index is 11.9. The molecule has 2 saturated heterocycles. The van der Waals surface area contributed by atoms with Crippen molar-refractivity contribution >= 4 is 11.8 Å². The van der Waals surface area contributed by atoms with Crippen LogP contribution in [0.5, 0.6) is 0 Å². The Hall–Kier alpha value is -0.980. The van der Waals surface area contributed by atoms with Crippen molar-refractivity contribution in [3.05, 3.63) is 0 Å². The van der Waals surface area contributed by atoms with Crippen LogP contribution in [0.25, 0.3) is 0 Å². The summed E-state index contributed by atoms with van der Waals surface area (Å²) in [4.78, 5) is 25.9. The van der Waals surface area contributed by atoms with E-state index in [0.717, 1.165) is 58.5 Å². The van der Waals surface area contributed by atoms with E-state index in [2.05, 4.69) is 10.2 Å². The molecular weight excluding hydrogens is 284 g/mol. The van der Waals surface area contributed by atoms with E-state index in [1.165, 1.54) is 0 Å². The van der Waals surface area contributed by atoms with E-state index < -0.39 is 0 Å². The highest BCUT2D eigenvalue weighted by Gasteiger charge is 2.21. The smallest absolute Gasteiger partial charge is 0.313 e. The average Bonchev–Trinajstić information content (AvgIpc) is 2.51. The van der Waals surface area contributed by atoms with Gasteiger partial charge in [-0.3, -0.25) is 14.5 Å². The molecule has 0 aromatic heterocycles. The number of carbonyl (C=O) groups is 2. The van der Waals surface area contributed by atoms with Gasteiger partial charge in [-0.05, 0) is 19.4 Å². The third-order valence-electron chi connectivity index (χ3n) is 4.14. The second kappa shape index (κ2) is 9.92. The second-order valence-electron chi connectivity index (χ2n) is 6.11. The highest BCUT2D eigenvalue weighted by Crippen LogP contribution is 2.08. The van der Waals surface area contributed by atoms with Crippen LogP contribution < -0.4 is 5.32 Å². The third kappa shape index (κ3) is 6.85. The zero-order chi connectivity index (χ0) is 15.6. The third-order valence-corrected chi connectivity index (χ3v) is 4.14. The standard InChI is InChI=1S/C16H28N2O4/c19-14-5-3-1-2-4-6-17-12-15(22-16(20)11-14)13-18-7-9-21-10-8-18/h15,17H,1-13H2. The highest BCUT2D eigenvalue weighted by molar-refractivity contribution is 5.95. The summed E-state index contributed by atoms with van der Waals surface area (Å²) >= 11 is 0. The van der Waals surface area contributed by atoms with Crippen LogP contribution >= 0.6 is 0 Å². The highest BCUT2D eigenvalue weighted by atomic mass is 16.5. The van der Waals surface area contributed by atoms with Gasteiger partial charge in [0.1, 0.15) is 18.3 Å². The van der Waals surface area contributed by atoms with Gasteiger partial charge in [0.25, 0.3) is 0 Å². The quantitative estimate of drug-likeness (QED) is 0.599. The molecule has 2 rings (SSSR count). The molecule has 6 heteroatoms. The molecule has 22 heavy (non-hydrogen) atoms. The van der Waals surface area contributed by atoms with E-state index in [1.807, 2.05) is 0 Å². The van der Waals surface area contributed by atoms with Crippen LogP contribution in [0.3, 0.4) is 0 Å². The van der Waals surface area contributed by atoms with E-state index in [4.69, 9.17) is 9.47 Å². The first-order chi connectivity index (χ1) is 10.7. The number of ketones is 1. The van der Waals surface area contributed by atoms with Gasteiger partial charge >= 0.3 is 5.97 Å². The number of rotatable bonds is 2. The number of nitrogens with zero attached hydrogens (tertiary/aromatic N) is 1. The van der Waals surface area contributed by atoms with Gasteiger partial charge in [0.2, 0.25) is 0 Å². The summed E-state index contributed by atoms with van der Waals surface area (Å²) in [6.45, 7) is 5.48. The van der Waals surface area contributed by atoms with Crippen LogP contribution in [-0.2, 0) is 19.1 Å². The van der Waals surface area contributed by atoms with Crippen molar-refractivity contribution in [2.45, 2.75) is 44.6 Å². The molecule has 0 saturated carbocycles. The summed E-state index contributed by atoms with van der Waals surface area (Å²) in [7, 11) is 0. The fourth-order valence-corrected chi connectivity index (χ4v) is 2.88. The molecule has 6 nitrogen and oxygen atoms in total. The van der Waals surface area contributed by atoms with Crippen LogP contribution in [0.4, 0.5) is 0 Å². The molecule has 0 spiro atoms. The lowest BCUT2D eigenvalue weighted by Gasteiger charge is -2.30. The van der Waals surface area contributed by atoms with Gasteiger partial charge in [-0.15, -0.1) is 0 Å². The minimum Gasteiger partial charge on any atom is -0.459 e. The Morgan fingerprint density at radius 1 is 1.09 bits per heavy atom. The van der Waals surface area contributed by atoms with Crippen LogP contribution in [-0.4, -0.2) is 68.7 Å². The summed E-state index contributed by atoms with van der Waals surface area (Å²) in [6.07, 6.45) is 4.38. The number of ether oxygens (including phenoxy) is 2.